The molecule has 0 aliphatic heterocycles. The number of hydrogen-bond acceptors (Lipinski definition) is 1. The van der Waals surface area contributed by atoms with Crippen LogP contribution in [-0.4, -0.2) is 31.7 Å². The molecule has 4 heteroatoms. The molecule has 0 saturated carbocycles. The molecule has 0 aromatic carbocycles. The minimum atomic E-state index is -1.70. The Bertz CT molecular complexity index is 197. The summed E-state index contributed by atoms with van der Waals surface area (Å²) in [5.74, 6) is 0.788. The van der Waals surface area contributed by atoms with E-state index in [9.17, 15) is 4.79 Å². The van der Waals surface area contributed by atoms with Crippen LogP contribution in [0.1, 0.15) is 20.8 Å². The van der Waals surface area contributed by atoms with Crippen molar-refractivity contribution in [3.8, 4) is 0 Å². The molecule has 0 aromatic rings. The summed E-state index contributed by atoms with van der Waals surface area (Å²) in [6.07, 6.45) is 4.29. The van der Waals surface area contributed by atoms with Crippen LogP contribution in [0, 0.1) is 0 Å². The first-order valence-electron chi connectivity index (χ1n) is 4.66. The highest BCUT2D eigenvalue weighted by molar-refractivity contribution is 7.96. The van der Waals surface area contributed by atoms with Crippen molar-refractivity contribution in [3.05, 3.63) is 0 Å². The van der Waals surface area contributed by atoms with Gasteiger partial charge in [-0.25, -0.2) is 0 Å². The van der Waals surface area contributed by atoms with E-state index in [4.69, 9.17) is 0 Å². The second-order valence-electron chi connectivity index (χ2n) is 5.43. The van der Waals surface area contributed by atoms with Gasteiger partial charge in [-0.1, -0.05) is 33.9 Å². The van der Waals surface area contributed by atoms with E-state index in [1.165, 1.54) is 0 Å². The number of hydrogen-bond donors (Lipinski definition) is 0. The van der Waals surface area contributed by atoms with Gasteiger partial charge in [0.05, 0.1) is 12.5 Å². The SMILES string of the molecule is C[S+](C)CC(=O)[Si](C)(C)C(C)(C)C.[Br-]. The summed E-state index contributed by atoms with van der Waals surface area (Å²) in [4.78, 5) is 12.0. The first kappa shape index (κ1) is 17.1. The maximum atomic E-state index is 12.0. The molecule has 0 unspecified atom stereocenters. The first-order chi connectivity index (χ1) is 5.59. The quantitative estimate of drug-likeness (QED) is 0.506. The van der Waals surface area contributed by atoms with E-state index in [1.54, 1.807) is 0 Å². The van der Waals surface area contributed by atoms with Gasteiger partial charge >= 0.3 is 0 Å². The van der Waals surface area contributed by atoms with E-state index < -0.39 is 8.07 Å². The molecular formula is C10H23BrOSSi. The molecule has 1 nitrogen and oxygen atoms in total. The largest absolute Gasteiger partial charge is 1.00 e. The van der Waals surface area contributed by atoms with Crippen LogP contribution >= 0.6 is 0 Å². The summed E-state index contributed by atoms with van der Waals surface area (Å²) < 4.78 is 0. The summed E-state index contributed by atoms with van der Waals surface area (Å²) >= 11 is 0. The first-order valence-corrected chi connectivity index (χ1v) is 9.87. The van der Waals surface area contributed by atoms with Crippen molar-refractivity contribution in [2.75, 3.05) is 18.3 Å². The molecule has 0 fully saturated rings. The summed E-state index contributed by atoms with van der Waals surface area (Å²) in [6.45, 7) is 11.0. The highest BCUT2D eigenvalue weighted by Gasteiger charge is 2.43. The smallest absolute Gasteiger partial charge is 0.160 e. The van der Waals surface area contributed by atoms with E-state index in [0.717, 1.165) is 5.75 Å². The van der Waals surface area contributed by atoms with Crippen LogP contribution in [-0.2, 0) is 15.7 Å². The highest BCUT2D eigenvalue weighted by atomic mass is 79.9. The average molecular weight is 299 g/mol. The fourth-order valence-corrected chi connectivity index (χ4v) is 4.53. The molecule has 0 saturated heterocycles. The van der Waals surface area contributed by atoms with Crippen molar-refractivity contribution >= 4 is 24.4 Å². The van der Waals surface area contributed by atoms with Crippen molar-refractivity contribution in [2.45, 2.75) is 38.9 Å². The second kappa shape index (κ2) is 5.71. The van der Waals surface area contributed by atoms with E-state index >= 15 is 0 Å². The van der Waals surface area contributed by atoms with Crippen LogP contribution in [0.4, 0.5) is 0 Å². The highest BCUT2D eigenvalue weighted by Crippen LogP contribution is 2.36. The molecule has 0 rings (SSSR count). The van der Waals surface area contributed by atoms with Gasteiger partial charge < -0.3 is 21.8 Å². The van der Waals surface area contributed by atoms with Crippen molar-refractivity contribution in [3.63, 3.8) is 0 Å². The Morgan fingerprint density at radius 2 is 1.57 bits per heavy atom. The topological polar surface area (TPSA) is 17.1 Å². The Morgan fingerprint density at radius 1 is 1.21 bits per heavy atom. The van der Waals surface area contributed by atoms with Crippen LogP contribution < -0.4 is 17.0 Å². The molecule has 14 heavy (non-hydrogen) atoms. The lowest BCUT2D eigenvalue weighted by molar-refractivity contribution is -0.110. The molecule has 86 valence electrons. The predicted molar refractivity (Wildman–Crippen MR) is 66.3 cm³/mol. The molecule has 0 bridgehead atoms. The number of carbonyl (C=O) groups is 1. The molecular weight excluding hydrogens is 276 g/mol. The molecule has 0 heterocycles. The Labute approximate surface area is 103 Å². The lowest BCUT2D eigenvalue weighted by Gasteiger charge is -2.34. The third-order valence-electron chi connectivity index (χ3n) is 2.99. The van der Waals surface area contributed by atoms with Gasteiger partial charge in [-0.3, -0.25) is 0 Å². The van der Waals surface area contributed by atoms with Crippen molar-refractivity contribution < 1.29 is 21.8 Å². The van der Waals surface area contributed by atoms with Crippen molar-refractivity contribution in [1.29, 1.82) is 0 Å². The monoisotopic (exact) mass is 298 g/mol. The summed E-state index contributed by atoms with van der Waals surface area (Å²) in [7, 11) is -1.44. The van der Waals surface area contributed by atoms with Crippen molar-refractivity contribution in [2.24, 2.45) is 0 Å². The van der Waals surface area contributed by atoms with Gasteiger partial charge in [0.1, 0.15) is 8.07 Å². The standard InChI is InChI=1S/C10H23OSSi.BrH/c1-10(2,3)13(6,7)9(11)8-12(4)5;/h8H2,1-7H3;1H/q+1;/p-1. The fourth-order valence-electron chi connectivity index (χ4n) is 0.861. The van der Waals surface area contributed by atoms with Crippen LogP contribution in [0.3, 0.4) is 0 Å². The zero-order chi connectivity index (χ0) is 10.9. The number of halogens is 1. The second-order valence-corrected chi connectivity index (χ2v) is 13.0. The van der Waals surface area contributed by atoms with Crippen LogP contribution in [0.15, 0.2) is 0 Å². The number of carbonyl (C=O) groups excluding carboxylic acids is 1. The molecule has 0 aliphatic rings. The Morgan fingerprint density at radius 3 is 1.79 bits per heavy atom. The van der Waals surface area contributed by atoms with Gasteiger partial charge in [0, 0.05) is 0 Å². The van der Waals surface area contributed by atoms with Gasteiger partial charge in [-0.05, 0) is 15.9 Å². The van der Waals surface area contributed by atoms with E-state index in [2.05, 4.69) is 46.4 Å². The number of rotatable bonds is 3. The third-order valence-corrected chi connectivity index (χ3v) is 9.41. The van der Waals surface area contributed by atoms with Gasteiger partial charge in [0.15, 0.2) is 11.2 Å². The maximum Gasteiger partial charge on any atom is 0.160 e. The van der Waals surface area contributed by atoms with Crippen molar-refractivity contribution in [1.82, 2.24) is 0 Å². The molecule has 0 atom stereocenters. The molecule has 0 N–H and O–H groups in total. The third kappa shape index (κ3) is 4.49. The normalized spacial score (nSPS) is 12.6. The van der Waals surface area contributed by atoms with Crippen LogP contribution in [0.2, 0.25) is 18.1 Å². The summed E-state index contributed by atoms with van der Waals surface area (Å²) in [6, 6.07) is 0. The van der Waals surface area contributed by atoms with E-state index in [0.29, 0.717) is 5.41 Å². The zero-order valence-electron chi connectivity index (χ0n) is 10.4. The Kier molecular flexibility index (Phi) is 6.98. The summed E-state index contributed by atoms with van der Waals surface area (Å²) in [5, 5.41) is 0.733. The Hall–Kier alpha value is 0.717. The minimum absolute atomic E-state index is 0. The van der Waals surface area contributed by atoms with Gasteiger partial charge in [-0.2, -0.15) is 0 Å². The molecule has 0 amide bonds. The van der Waals surface area contributed by atoms with Gasteiger partial charge in [0.2, 0.25) is 0 Å². The zero-order valence-corrected chi connectivity index (χ0v) is 13.8. The van der Waals surface area contributed by atoms with E-state index in [-0.39, 0.29) is 32.9 Å². The van der Waals surface area contributed by atoms with Gasteiger partial charge in [-0.15, -0.1) is 0 Å². The lowest BCUT2D eigenvalue weighted by atomic mass is 10.2. The predicted octanol–water partition coefficient (Wildman–Crippen LogP) is -0.515. The molecule has 0 spiro atoms. The summed E-state index contributed by atoms with van der Waals surface area (Å²) in [5.41, 5.74) is 0. The van der Waals surface area contributed by atoms with Crippen LogP contribution in [0.25, 0.3) is 0 Å². The lowest BCUT2D eigenvalue weighted by Crippen LogP contribution is -3.00. The average Bonchev–Trinajstić information content (AvgIpc) is 1.82. The van der Waals surface area contributed by atoms with Crippen LogP contribution in [0.5, 0.6) is 0 Å². The van der Waals surface area contributed by atoms with E-state index in [1.807, 2.05) is 0 Å². The Balaban J connectivity index is 0. The fraction of sp³-hybridized carbons (Fsp3) is 0.900. The molecule has 0 radical (unpaired) electrons. The van der Waals surface area contributed by atoms with Gasteiger partial charge in [0.25, 0.3) is 0 Å². The minimum Gasteiger partial charge on any atom is -1.00 e. The molecule has 0 aliphatic carbocycles. The maximum absolute atomic E-state index is 12.0. The molecule has 0 aromatic heterocycles.